The number of fused-ring (bicyclic) bond motifs is 1. The number of hydrogen-bond donors (Lipinski definition) is 2. The third-order valence-electron chi connectivity index (χ3n) is 4.49. The molecular formula is C19H24N4O. The van der Waals surface area contributed by atoms with E-state index >= 15 is 0 Å². The van der Waals surface area contributed by atoms with Crippen LogP contribution < -0.4 is 5.73 Å². The van der Waals surface area contributed by atoms with Crippen LogP contribution in [0.1, 0.15) is 42.4 Å². The van der Waals surface area contributed by atoms with E-state index in [1.807, 2.05) is 6.20 Å². The Kier molecular flexibility index (Phi) is 5.11. The largest absolute Gasteiger partial charge is 0.382 e. The molecule has 0 saturated carbocycles. The molecule has 0 radical (unpaired) electrons. The fourth-order valence-corrected chi connectivity index (χ4v) is 2.94. The first kappa shape index (κ1) is 16.5. The lowest BCUT2D eigenvalue weighted by atomic mass is 9.97. The van der Waals surface area contributed by atoms with E-state index in [2.05, 4.69) is 53.1 Å². The molecule has 0 aliphatic rings. The van der Waals surface area contributed by atoms with Gasteiger partial charge in [-0.05, 0) is 36.8 Å². The minimum Gasteiger partial charge on any atom is -0.382 e. The van der Waals surface area contributed by atoms with E-state index in [4.69, 9.17) is 10.5 Å². The molecule has 2 heterocycles. The van der Waals surface area contributed by atoms with Crippen molar-refractivity contribution in [1.29, 1.82) is 0 Å². The highest BCUT2D eigenvalue weighted by molar-refractivity contribution is 5.86. The molecule has 0 bridgehead atoms. The fourth-order valence-electron chi connectivity index (χ4n) is 2.94. The van der Waals surface area contributed by atoms with Crippen molar-refractivity contribution in [2.75, 3.05) is 12.3 Å². The van der Waals surface area contributed by atoms with Gasteiger partial charge in [0, 0.05) is 18.4 Å². The number of rotatable bonds is 7. The topological polar surface area (TPSA) is 76.8 Å². The molecule has 3 aromatic rings. The Morgan fingerprint density at radius 1 is 1.25 bits per heavy atom. The second kappa shape index (κ2) is 7.45. The molecule has 126 valence electrons. The van der Waals surface area contributed by atoms with Crippen LogP contribution in [0, 0.1) is 6.92 Å². The maximum atomic E-state index is 5.87. The van der Waals surface area contributed by atoms with Gasteiger partial charge in [-0.3, -0.25) is 0 Å². The first-order valence-electron chi connectivity index (χ1n) is 8.36. The molecule has 1 unspecified atom stereocenters. The summed E-state index contributed by atoms with van der Waals surface area (Å²) in [7, 11) is 0. The maximum Gasteiger partial charge on any atom is 0.149 e. The first-order chi connectivity index (χ1) is 11.7. The van der Waals surface area contributed by atoms with Crippen LogP contribution in [0.4, 0.5) is 5.82 Å². The minimum atomic E-state index is 0.367. The summed E-state index contributed by atoms with van der Waals surface area (Å²) in [5, 5.41) is 0. The summed E-state index contributed by atoms with van der Waals surface area (Å²) in [5.74, 6) is 0.867. The number of benzene rings is 1. The quantitative estimate of drug-likeness (QED) is 0.645. The average Bonchev–Trinajstić information content (AvgIpc) is 3.07. The van der Waals surface area contributed by atoms with E-state index in [1.165, 1.54) is 11.1 Å². The molecular weight excluding hydrogens is 300 g/mol. The van der Waals surface area contributed by atoms with Gasteiger partial charge in [-0.1, -0.05) is 31.2 Å². The molecule has 0 fully saturated rings. The smallest absolute Gasteiger partial charge is 0.149 e. The third-order valence-corrected chi connectivity index (χ3v) is 4.49. The lowest BCUT2D eigenvalue weighted by Crippen LogP contribution is -2.02. The zero-order valence-electron chi connectivity index (χ0n) is 14.2. The molecule has 0 aliphatic carbocycles. The molecule has 3 rings (SSSR count). The zero-order valence-corrected chi connectivity index (χ0v) is 14.2. The van der Waals surface area contributed by atoms with E-state index in [0.717, 1.165) is 36.0 Å². The SMILES string of the molecule is Cc1ccccc1COCCCC(C)c1cnc(N)c2[nH]cnc12. The van der Waals surface area contributed by atoms with E-state index < -0.39 is 0 Å². The molecule has 0 aliphatic heterocycles. The summed E-state index contributed by atoms with van der Waals surface area (Å²) >= 11 is 0. The number of nitrogens with one attached hydrogen (secondary N) is 1. The van der Waals surface area contributed by atoms with Crippen LogP contribution >= 0.6 is 0 Å². The number of aryl methyl sites for hydroxylation is 1. The highest BCUT2D eigenvalue weighted by Gasteiger charge is 2.13. The predicted molar refractivity (Wildman–Crippen MR) is 96.8 cm³/mol. The van der Waals surface area contributed by atoms with Crippen LogP contribution in [0.15, 0.2) is 36.8 Å². The molecule has 3 N–H and O–H groups in total. The molecule has 0 amide bonds. The van der Waals surface area contributed by atoms with Gasteiger partial charge in [-0.25, -0.2) is 9.97 Å². The maximum absolute atomic E-state index is 5.87. The Bertz CT molecular complexity index is 812. The predicted octanol–water partition coefficient (Wildman–Crippen LogP) is 3.95. The molecule has 5 nitrogen and oxygen atoms in total. The fraction of sp³-hybridized carbons (Fsp3) is 0.368. The van der Waals surface area contributed by atoms with Gasteiger partial charge in [0.05, 0.1) is 18.5 Å². The van der Waals surface area contributed by atoms with Crippen molar-refractivity contribution < 1.29 is 4.74 Å². The van der Waals surface area contributed by atoms with Crippen molar-refractivity contribution in [3.05, 3.63) is 53.5 Å². The number of aromatic amines is 1. The Morgan fingerprint density at radius 3 is 2.92 bits per heavy atom. The van der Waals surface area contributed by atoms with Gasteiger partial charge in [0.25, 0.3) is 0 Å². The number of nitrogen functional groups attached to an aromatic ring is 1. The monoisotopic (exact) mass is 324 g/mol. The normalized spacial score (nSPS) is 12.6. The number of hydrogen-bond acceptors (Lipinski definition) is 4. The lowest BCUT2D eigenvalue weighted by Gasteiger charge is -2.13. The summed E-state index contributed by atoms with van der Waals surface area (Å²) < 4.78 is 5.82. The molecule has 0 spiro atoms. The molecule has 1 atom stereocenters. The van der Waals surface area contributed by atoms with E-state index in [-0.39, 0.29) is 0 Å². The van der Waals surface area contributed by atoms with Crippen LogP contribution in [-0.4, -0.2) is 21.6 Å². The molecule has 5 heteroatoms. The summed E-state index contributed by atoms with van der Waals surface area (Å²) in [6, 6.07) is 8.34. The van der Waals surface area contributed by atoms with Crippen LogP contribution in [0.25, 0.3) is 11.0 Å². The van der Waals surface area contributed by atoms with Gasteiger partial charge < -0.3 is 15.5 Å². The Morgan fingerprint density at radius 2 is 2.08 bits per heavy atom. The van der Waals surface area contributed by atoms with Crippen LogP contribution in [0.5, 0.6) is 0 Å². The molecule has 24 heavy (non-hydrogen) atoms. The number of imidazole rings is 1. The second-order valence-electron chi connectivity index (χ2n) is 6.25. The van der Waals surface area contributed by atoms with Crippen LogP contribution in [0.3, 0.4) is 0 Å². The van der Waals surface area contributed by atoms with Crippen LogP contribution in [-0.2, 0) is 11.3 Å². The summed E-state index contributed by atoms with van der Waals surface area (Å²) in [6.45, 7) is 5.74. The first-order valence-corrected chi connectivity index (χ1v) is 8.36. The Hall–Kier alpha value is -2.40. The number of H-pyrrole nitrogens is 1. The molecule has 1 aromatic carbocycles. The highest BCUT2D eigenvalue weighted by Crippen LogP contribution is 2.28. The summed E-state index contributed by atoms with van der Waals surface area (Å²) in [4.78, 5) is 11.7. The van der Waals surface area contributed by atoms with E-state index in [0.29, 0.717) is 18.3 Å². The second-order valence-corrected chi connectivity index (χ2v) is 6.25. The number of anilines is 1. The molecule has 2 aromatic heterocycles. The molecule has 0 saturated heterocycles. The van der Waals surface area contributed by atoms with Crippen molar-refractivity contribution in [2.45, 2.75) is 39.2 Å². The van der Waals surface area contributed by atoms with Gasteiger partial charge in [0.1, 0.15) is 11.3 Å². The van der Waals surface area contributed by atoms with Crippen molar-refractivity contribution in [3.63, 3.8) is 0 Å². The average molecular weight is 324 g/mol. The van der Waals surface area contributed by atoms with Gasteiger partial charge in [0.2, 0.25) is 0 Å². The Balaban J connectivity index is 1.50. The lowest BCUT2D eigenvalue weighted by molar-refractivity contribution is 0.116. The summed E-state index contributed by atoms with van der Waals surface area (Å²) in [5.41, 5.74) is 11.3. The van der Waals surface area contributed by atoms with Crippen molar-refractivity contribution in [2.24, 2.45) is 0 Å². The number of ether oxygens (including phenoxy) is 1. The number of pyridine rings is 1. The third kappa shape index (κ3) is 3.57. The van der Waals surface area contributed by atoms with Crippen LogP contribution in [0.2, 0.25) is 0 Å². The van der Waals surface area contributed by atoms with E-state index in [9.17, 15) is 0 Å². The van der Waals surface area contributed by atoms with Gasteiger partial charge in [0.15, 0.2) is 0 Å². The van der Waals surface area contributed by atoms with Gasteiger partial charge in [-0.15, -0.1) is 0 Å². The van der Waals surface area contributed by atoms with Gasteiger partial charge >= 0.3 is 0 Å². The van der Waals surface area contributed by atoms with Crippen molar-refractivity contribution in [3.8, 4) is 0 Å². The summed E-state index contributed by atoms with van der Waals surface area (Å²) in [6.07, 6.45) is 5.55. The number of nitrogens with zero attached hydrogens (tertiary/aromatic N) is 2. The minimum absolute atomic E-state index is 0.367. The van der Waals surface area contributed by atoms with Gasteiger partial charge in [-0.2, -0.15) is 0 Å². The zero-order chi connectivity index (χ0) is 16.9. The standard InChI is InChI=1S/C19H24N4O/c1-13-6-3-4-8-15(13)11-24-9-5-7-14(2)16-10-21-19(20)18-17(16)22-12-23-18/h3-4,6,8,10,12,14H,5,7,9,11H2,1-2H3,(H2,20,21)(H,22,23). The highest BCUT2D eigenvalue weighted by atomic mass is 16.5. The number of aromatic nitrogens is 3. The van der Waals surface area contributed by atoms with Crippen molar-refractivity contribution in [1.82, 2.24) is 15.0 Å². The number of nitrogens with two attached hydrogens (primary N) is 1. The Labute approximate surface area is 142 Å². The van der Waals surface area contributed by atoms with E-state index in [1.54, 1.807) is 6.33 Å². The van der Waals surface area contributed by atoms with Crippen molar-refractivity contribution >= 4 is 16.9 Å².